The number of aromatic nitrogens is 1. The van der Waals surface area contributed by atoms with E-state index in [1.165, 1.54) is 6.20 Å². The van der Waals surface area contributed by atoms with E-state index in [0.717, 1.165) is 29.5 Å². The second kappa shape index (κ2) is 6.46. The van der Waals surface area contributed by atoms with Crippen molar-refractivity contribution < 1.29 is 26.0 Å². The summed E-state index contributed by atoms with van der Waals surface area (Å²) in [5.74, 6) is -2.38. The molecule has 1 aliphatic rings. The molecule has 0 aliphatic carbocycles. The summed E-state index contributed by atoms with van der Waals surface area (Å²) in [7, 11) is -7.38. The highest BCUT2D eigenvalue weighted by Gasteiger charge is 2.38. The number of rotatable bonds is 4. The van der Waals surface area contributed by atoms with Gasteiger partial charge in [-0.05, 0) is 24.6 Å². The van der Waals surface area contributed by atoms with Crippen molar-refractivity contribution in [3.05, 3.63) is 41.2 Å². The minimum Gasteiger partial charge on any atom is -0.298 e. The molecular formula is C14H13FN2O5S3. The largest absolute Gasteiger partial charge is 0.298 e. The van der Waals surface area contributed by atoms with Crippen molar-refractivity contribution in [1.29, 1.82) is 0 Å². The van der Waals surface area contributed by atoms with E-state index in [2.05, 4.69) is 10.3 Å². The quantitative estimate of drug-likeness (QED) is 0.773. The summed E-state index contributed by atoms with van der Waals surface area (Å²) < 4.78 is 62.2. The molecule has 1 fully saturated rings. The lowest BCUT2D eigenvalue weighted by Crippen LogP contribution is -2.23. The number of hydrogen-bond donors (Lipinski definition) is 1. The SMILES string of the molecule is O=C(Nc1nccs1)c1cc(S(=O)(=O)[C@@H]2CCS(=O)(=O)C2)ccc1F. The Morgan fingerprint density at radius 1 is 1.36 bits per heavy atom. The third-order valence-corrected chi connectivity index (χ3v) is 8.65. The van der Waals surface area contributed by atoms with Gasteiger partial charge in [0.25, 0.3) is 5.91 Å². The molecule has 0 bridgehead atoms. The molecule has 0 spiro atoms. The average molecular weight is 404 g/mol. The number of nitrogens with zero attached hydrogens (tertiary/aromatic N) is 1. The van der Waals surface area contributed by atoms with Gasteiger partial charge in [0, 0.05) is 11.6 Å². The number of sulfone groups is 2. The van der Waals surface area contributed by atoms with Crippen LogP contribution in [0.25, 0.3) is 0 Å². The molecule has 1 amide bonds. The van der Waals surface area contributed by atoms with Crippen molar-refractivity contribution in [2.75, 3.05) is 16.8 Å². The Morgan fingerprint density at radius 2 is 2.12 bits per heavy atom. The Morgan fingerprint density at radius 3 is 2.72 bits per heavy atom. The molecule has 2 aromatic rings. The molecule has 1 N–H and O–H groups in total. The highest BCUT2D eigenvalue weighted by molar-refractivity contribution is 7.96. The summed E-state index contributed by atoms with van der Waals surface area (Å²) in [4.78, 5) is 15.7. The van der Waals surface area contributed by atoms with Gasteiger partial charge in [-0.25, -0.2) is 26.2 Å². The Kier molecular flexibility index (Phi) is 4.64. The number of anilines is 1. The zero-order chi connectivity index (χ0) is 18.2. The number of halogens is 1. The molecule has 7 nitrogen and oxygen atoms in total. The summed E-state index contributed by atoms with van der Waals surface area (Å²) in [5.41, 5.74) is -0.447. The predicted molar refractivity (Wildman–Crippen MR) is 90.7 cm³/mol. The molecule has 2 heterocycles. The Balaban J connectivity index is 1.92. The summed E-state index contributed by atoms with van der Waals surface area (Å²) >= 11 is 1.13. The van der Waals surface area contributed by atoms with E-state index in [-0.39, 0.29) is 22.2 Å². The van der Waals surface area contributed by atoms with E-state index >= 15 is 0 Å². The van der Waals surface area contributed by atoms with Gasteiger partial charge < -0.3 is 0 Å². The summed E-state index contributed by atoms with van der Waals surface area (Å²) in [6, 6.07) is 2.85. The summed E-state index contributed by atoms with van der Waals surface area (Å²) in [6.45, 7) is 0. The first kappa shape index (κ1) is 18.0. The molecule has 1 aromatic carbocycles. The van der Waals surface area contributed by atoms with Crippen LogP contribution in [0.2, 0.25) is 0 Å². The first-order valence-corrected chi connectivity index (χ1v) is 11.4. The molecule has 1 aromatic heterocycles. The van der Waals surface area contributed by atoms with Crippen molar-refractivity contribution in [2.45, 2.75) is 16.6 Å². The van der Waals surface area contributed by atoms with Gasteiger partial charge in [0.2, 0.25) is 0 Å². The van der Waals surface area contributed by atoms with Crippen LogP contribution >= 0.6 is 11.3 Å². The van der Waals surface area contributed by atoms with E-state index in [0.29, 0.717) is 0 Å². The highest BCUT2D eigenvalue weighted by Crippen LogP contribution is 2.27. The van der Waals surface area contributed by atoms with E-state index < -0.39 is 48.0 Å². The fraction of sp³-hybridized carbons (Fsp3) is 0.286. The second-order valence-corrected chi connectivity index (χ2v) is 10.9. The van der Waals surface area contributed by atoms with Crippen LogP contribution in [0.15, 0.2) is 34.7 Å². The first-order valence-electron chi connectivity index (χ1n) is 7.14. The molecule has 134 valence electrons. The van der Waals surface area contributed by atoms with E-state index in [1.807, 2.05) is 0 Å². The van der Waals surface area contributed by atoms with E-state index in [1.54, 1.807) is 5.38 Å². The number of carbonyl (C=O) groups is 1. The highest BCUT2D eigenvalue weighted by atomic mass is 32.2. The molecule has 25 heavy (non-hydrogen) atoms. The molecule has 0 unspecified atom stereocenters. The van der Waals surface area contributed by atoms with Crippen molar-refractivity contribution in [2.24, 2.45) is 0 Å². The lowest BCUT2D eigenvalue weighted by molar-refractivity contribution is 0.102. The Hall–Kier alpha value is -1.85. The van der Waals surface area contributed by atoms with Gasteiger partial charge in [-0.1, -0.05) is 0 Å². The molecular weight excluding hydrogens is 391 g/mol. The predicted octanol–water partition coefficient (Wildman–Crippen LogP) is 1.50. The van der Waals surface area contributed by atoms with Crippen LogP contribution in [0.1, 0.15) is 16.8 Å². The van der Waals surface area contributed by atoms with Crippen molar-refractivity contribution in [1.82, 2.24) is 4.98 Å². The number of nitrogens with one attached hydrogen (secondary N) is 1. The van der Waals surface area contributed by atoms with Crippen LogP contribution in [0.5, 0.6) is 0 Å². The normalized spacial score (nSPS) is 19.6. The maximum Gasteiger partial charge on any atom is 0.260 e. The fourth-order valence-corrected chi connectivity index (χ4v) is 7.41. The van der Waals surface area contributed by atoms with Crippen LogP contribution in [-0.4, -0.2) is 44.5 Å². The standard InChI is InChI=1S/C14H13FN2O5S3/c15-12-2-1-9(25(21,22)10-3-6-24(19,20)8-10)7-11(12)13(18)17-14-16-4-5-23-14/h1-2,4-5,7,10H,3,6,8H2,(H,16,17,18)/t10-/m1/s1. The summed E-state index contributed by atoms with van der Waals surface area (Å²) in [6.07, 6.45) is 1.45. The third-order valence-electron chi connectivity index (χ3n) is 3.79. The van der Waals surface area contributed by atoms with Crippen LogP contribution in [0, 0.1) is 5.82 Å². The third kappa shape index (κ3) is 3.72. The zero-order valence-corrected chi connectivity index (χ0v) is 15.1. The van der Waals surface area contributed by atoms with Crippen LogP contribution in [-0.2, 0) is 19.7 Å². The monoisotopic (exact) mass is 404 g/mol. The van der Waals surface area contributed by atoms with Gasteiger partial charge in [0.1, 0.15) is 5.82 Å². The first-order chi connectivity index (χ1) is 11.7. The van der Waals surface area contributed by atoms with Gasteiger partial charge >= 0.3 is 0 Å². The van der Waals surface area contributed by atoms with Gasteiger partial charge in [-0.2, -0.15) is 0 Å². The summed E-state index contributed by atoms with van der Waals surface area (Å²) in [5, 5.41) is 3.16. The lowest BCUT2D eigenvalue weighted by atomic mass is 10.2. The second-order valence-electron chi connectivity index (χ2n) is 5.50. The van der Waals surface area contributed by atoms with Gasteiger partial charge in [-0.3, -0.25) is 10.1 Å². The van der Waals surface area contributed by atoms with Gasteiger partial charge in [0.15, 0.2) is 24.8 Å². The molecule has 0 radical (unpaired) electrons. The molecule has 11 heteroatoms. The fourth-order valence-electron chi connectivity index (χ4n) is 2.50. The minimum absolute atomic E-state index is 0.0112. The molecule has 0 saturated carbocycles. The lowest BCUT2D eigenvalue weighted by Gasteiger charge is -2.11. The topological polar surface area (TPSA) is 110 Å². The van der Waals surface area contributed by atoms with Crippen LogP contribution < -0.4 is 5.32 Å². The smallest absolute Gasteiger partial charge is 0.260 e. The van der Waals surface area contributed by atoms with Crippen LogP contribution in [0.3, 0.4) is 0 Å². The van der Waals surface area contributed by atoms with Crippen molar-refractivity contribution in [3.63, 3.8) is 0 Å². The number of hydrogen-bond acceptors (Lipinski definition) is 7. The number of thiazole rings is 1. The Bertz CT molecular complexity index is 1020. The molecule has 3 rings (SSSR count). The van der Waals surface area contributed by atoms with Gasteiger partial charge in [0.05, 0.1) is 27.2 Å². The zero-order valence-electron chi connectivity index (χ0n) is 12.7. The molecule has 1 atom stereocenters. The van der Waals surface area contributed by atoms with E-state index in [9.17, 15) is 26.0 Å². The minimum atomic E-state index is -3.98. The maximum absolute atomic E-state index is 14.0. The maximum atomic E-state index is 14.0. The van der Waals surface area contributed by atoms with Crippen molar-refractivity contribution >= 4 is 42.1 Å². The molecule has 1 saturated heterocycles. The number of amides is 1. The van der Waals surface area contributed by atoms with Crippen LogP contribution in [0.4, 0.5) is 9.52 Å². The number of benzene rings is 1. The molecule has 1 aliphatic heterocycles. The Labute approximate surface area is 147 Å². The van der Waals surface area contributed by atoms with E-state index in [4.69, 9.17) is 0 Å². The van der Waals surface area contributed by atoms with Crippen molar-refractivity contribution in [3.8, 4) is 0 Å². The average Bonchev–Trinajstić information content (AvgIpc) is 3.16. The van der Waals surface area contributed by atoms with Gasteiger partial charge in [-0.15, -0.1) is 11.3 Å². The number of carbonyl (C=O) groups excluding carboxylic acids is 1.